The summed E-state index contributed by atoms with van der Waals surface area (Å²) in [4.78, 5) is 0. The molecule has 0 spiro atoms. The second kappa shape index (κ2) is 6.04. The van der Waals surface area contributed by atoms with Gasteiger partial charge in [-0.15, -0.1) is 0 Å². The van der Waals surface area contributed by atoms with E-state index in [1.165, 1.54) is 12.0 Å². The van der Waals surface area contributed by atoms with E-state index in [0.717, 1.165) is 24.3 Å². The van der Waals surface area contributed by atoms with Crippen LogP contribution in [0.5, 0.6) is 11.5 Å². The van der Waals surface area contributed by atoms with E-state index in [9.17, 15) is 0 Å². The van der Waals surface area contributed by atoms with Gasteiger partial charge in [-0.1, -0.05) is 19.9 Å². The number of methoxy groups -OCH3 is 1. The summed E-state index contributed by atoms with van der Waals surface area (Å²) in [6.07, 6.45) is 3.65. The average molecular weight is 277 g/mol. The lowest BCUT2D eigenvalue weighted by molar-refractivity contribution is 0.0539. The maximum atomic E-state index is 6.28. The summed E-state index contributed by atoms with van der Waals surface area (Å²) in [5.74, 6) is 1.67. The highest BCUT2D eigenvalue weighted by Gasteiger charge is 2.35. The predicted molar refractivity (Wildman–Crippen MR) is 82.6 cm³/mol. The van der Waals surface area contributed by atoms with Crippen molar-refractivity contribution < 1.29 is 9.47 Å². The summed E-state index contributed by atoms with van der Waals surface area (Å²) in [5, 5.41) is 3.40. The zero-order valence-corrected chi connectivity index (χ0v) is 13.3. The molecule has 3 nitrogen and oxygen atoms in total. The van der Waals surface area contributed by atoms with Crippen LogP contribution in [0.3, 0.4) is 0 Å². The monoisotopic (exact) mass is 277 g/mol. The first kappa shape index (κ1) is 15.2. The van der Waals surface area contributed by atoms with Crippen molar-refractivity contribution in [1.29, 1.82) is 0 Å². The molecule has 0 amide bonds. The molecule has 0 aromatic heterocycles. The van der Waals surface area contributed by atoms with Gasteiger partial charge >= 0.3 is 0 Å². The van der Waals surface area contributed by atoms with E-state index in [2.05, 4.69) is 32.2 Å². The van der Waals surface area contributed by atoms with E-state index in [0.29, 0.717) is 11.5 Å². The SMILES string of the molecule is CNC1CCC(C)(C)CC1Oc1ccc(C)cc1OC. The number of nitrogens with one attached hydrogen (secondary N) is 1. The van der Waals surface area contributed by atoms with E-state index < -0.39 is 0 Å². The van der Waals surface area contributed by atoms with Gasteiger partial charge in [-0.2, -0.15) is 0 Å². The van der Waals surface area contributed by atoms with Gasteiger partial charge in [0, 0.05) is 6.04 Å². The Morgan fingerprint density at radius 3 is 2.65 bits per heavy atom. The van der Waals surface area contributed by atoms with Gasteiger partial charge in [-0.25, -0.2) is 0 Å². The van der Waals surface area contributed by atoms with Crippen molar-refractivity contribution in [2.45, 2.75) is 52.2 Å². The maximum Gasteiger partial charge on any atom is 0.161 e. The number of hydrogen-bond donors (Lipinski definition) is 1. The molecule has 0 bridgehead atoms. The van der Waals surface area contributed by atoms with Crippen LogP contribution in [-0.4, -0.2) is 26.3 Å². The first-order chi connectivity index (χ1) is 9.45. The van der Waals surface area contributed by atoms with Crippen molar-refractivity contribution >= 4 is 0 Å². The smallest absolute Gasteiger partial charge is 0.161 e. The van der Waals surface area contributed by atoms with Gasteiger partial charge in [0.2, 0.25) is 0 Å². The third-order valence-corrected chi connectivity index (χ3v) is 4.30. The molecule has 1 fully saturated rings. The Morgan fingerprint density at radius 1 is 1.25 bits per heavy atom. The fourth-order valence-corrected chi connectivity index (χ4v) is 3.01. The fourth-order valence-electron chi connectivity index (χ4n) is 3.01. The lowest BCUT2D eigenvalue weighted by atomic mass is 9.74. The van der Waals surface area contributed by atoms with Crippen LogP contribution < -0.4 is 14.8 Å². The van der Waals surface area contributed by atoms with E-state index in [1.54, 1.807) is 7.11 Å². The maximum absolute atomic E-state index is 6.28. The summed E-state index contributed by atoms with van der Waals surface area (Å²) in [6, 6.07) is 6.52. The normalized spacial score (nSPS) is 25.2. The second-order valence-corrected chi connectivity index (χ2v) is 6.61. The Hall–Kier alpha value is -1.22. The molecule has 3 heteroatoms. The largest absolute Gasteiger partial charge is 0.493 e. The zero-order chi connectivity index (χ0) is 14.8. The average Bonchev–Trinajstić information content (AvgIpc) is 2.40. The Balaban J connectivity index is 2.18. The molecule has 1 aliphatic rings. The quantitative estimate of drug-likeness (QED) is 0.913. The molecule has 1 aliphatic carbocycles. The van der Waals surface area contributed by atoms with Gasteiger partial charge in [-0.3, -0.25) is 0 Å². The highest BCUT2D eigenvalue weighted by atomic mass is 16.5. The van der Waals surface area contributed by atoms with Crippen molar-refractivity contribution in [3.63, 3.8) is 0 Å². The van der Waals surface area contributed by atoms with Crippen molar-refractivity contribution in [2.24, 2.45) is 5.41 Å². The van der Waals surface area contributed by atoms with E-state index in [-0.39, 0.29) is 6.10 Å². The summed E-state index contributed by atoms with van der Waals surface area (Å²) < 4.78 is 11.7. The molecule has 0 saturated heterocycles. The Kier molecular flexibility index (Phi) is 4.59. The van der Waals surface area contributed by atoms with Crippen LogP contribution in [0.15, 0.2) is 18.2 Å². The van der Waals surface area contributed by atoms with Crippen LogP contribution in [0.4, 0.5) is 0 Å². The van der Waals surface area contributed by atoms with E-state index in [1.807, 2.05) is 19.2 Å². The Bertz CT molecular complexity index is 456. The third kappa shape index (κ3) is 3.45. The number of likely N-dealkylation sites (N-methyl/N-ethyl adjacent to an activating group) is 1. The number of hydrogen-bond acceptors (Lipinski definition) is 3. The van der Waals surface area contributed by atoms with E-state index in [4.69, 9.17) is 9.47 Å². The van der Waals surface area contributed by atoms with Gasteiger partial charge in [0.1, 0.15) is 6.10 Å². The van der Waals surface area contributed by atoms with Crippen LogP contribution in [0.25, 0.3) is 0 Å². The molecule has 2 atom stereocenters. The van der Waals surface area contributed by atoms with Crippen molar-refractivity contribution in [3.8, 4) is 11.5 Å². The van der Waals surface area contributed by atoms with Gasteiger partial charge in [0.05, 0.1) is 7.11 Å². The molecular weight excluding hydrogens is 250 g/mol. The van der Waals surface area contributed by atoms with Gasteiger partial charge in [-0.05, 0) is 56.3 Å². The summed E-state index contributed by atoms with van der Waals surface area (Å²) in [6.45, 7) is 6.70. The molecule has 1 saturated carbocycles. The van der Waals surface area contributed by atoms with Crippen molar-refractivity contribution in [1.82, 2.24) is 5.32 Å². The Morgan fingerprint density at radius 2 is 2.00 bits per heavy atom. The van der Waals surface area contributed by atoms with Gasteiger partial charge < -0.3 is 14.8 Å². The Labute approximate surface area is 122 Å². The van der Waals surface area contributed by atoms with Crippen LogP contribution in [-0.2, 0) is 0 Å². The molecule has 2 unspecified atom stereocenters. The van der Waals surface area contributed by atoms with Gasteiger partial charge in [0.15, 0.2) is 11.5 Å². The highest BCUT2D eigenvalue weighted by molar-refractivity contribution is 5.42. The minimum Gasteiger partial charge on any atom is -0.493 e. The topological polar surface area (TPSA) is 30.5 Å². The van der Waals surface area contributed by atoms with Crippen LogP contribution >= 0.6 is 0 Å². The molecule has 1 N–H and O–H groups in total. The molecule has 0 radical (unpaired) electrons. The first-order valence-electron chi connectivity index (χ1n) is 7.44. The molecule has 2 rings (SSSR count). The zero-order valence-electron chi connectivity index (χ0n) is 13.3. The van der Waals surface area contributed by atoms with Crippen molar-refractivity contribution in [2.75, 3.05) is 14.2 Å². The number of ether oxygens (including phenoxy) is 2. The van der Waals surface area contributed by atoms with Gasteiger partial charge in [0.25, 0.3) is 0 Å². The minimum absolute atomic E-state index is 0.195. The van der Waals surface area contributed by atoms with E-state index >= 15 is 0 Å². The first-order valence-corrected chi connectivity index (χ1v) is 7.44. The van der Waals surface area contributed by atoms with Crippen LogP contribution in [0, 0.1) is 12.3 Å². The number of aryl methyl sites for hydroxylation is 1. The molecule has 0 heterocycles. The lowest BCUT2D eigenvalue weighted by Gasteiger charge is -2.40. The molecule has 20 heavy (non-hydrogen) atoms. The summed E-state index contributed by atoms with van der Waals surface area (Å²) >= 11 is 0. The van der Waals surface area contributed by atoms with Crippen LogP contribution in [0.1, 0.15) is 38.7 Å². The molecule has 112 valence electrons. The minimum atomic E-state index is 0.195. The summed E-state index contributed by atoms with van der Waals surface area (Å²) in [5.41, 5.74) is 1.53. The second-order valence-electron chi connectivity index (χ2n) is 6.61. The number of rotatable bonds is 4. The summed E-state index contributed by atoms with van der Waals surface area (Å²) in [7, 11) is 3.72. The van der Waals surface area contributed by atoms with Crippen molar-refractivity contribution in [3.05, 3.63) is 23.8 Å². The van der Waals surface area contributed by atoms with Crippen LogP contribution in [0.2, 0.25) is 0 Å². The molecule has 1 aromatic rings. The molecule has 0 aliphatic heterocycles. The lowest BCUT2D eigenvalue weighted by Crippen LogP contribution is -2.47. The molecular formula is C17H27NO2. The standard InChI is InChI=1S/C17H27NO2/c1-12-6-7-14(15(10-12)19-5)20-16-11-17(2,3)9-8-13(16)18-4/h6-7,10,13,16,18H,8-9,11H2,1-5H3. The third-order valence-electron chi connectivity index (χ3n) is 4.30. The fraction of sp³-hybridized carbons (Fsp3) is 0.647. The molecule has 1 aromatic carbocycles. The number of benzene rings is 1. The highest BCUT2D eigenvalue weighted by Crippen LogP contribution is 2.38. The predicted octanol–water partition coefficient (Wildman–Crippen LogP) is 3.55.